The first-order chi connectivity index (χ1) is 9.88. The van der Waals surface area contributed by atoms with Crippen LogP contribution in [0.1, 0.15) is 18.0 Å². The fraction of sp³-hybridized carbons (Fsp3) is 0.333. The minimum absolute atomic E-state index is 0.0228. The molecule has 2 aromatic rings. The van der Waals surface area contributed by atoms with Gasteiger partial charge < -0.3 is 10.5 Å². The van der Waals surface area contributed by atoms with Gasteiger partial charge in [0.25, 0.3) is 0 Å². The molecule has 1 atom stereocenters. The second-order valence-electron chi connectivity index (χ2n) is 4.75. The summed E-state index contributed by atoms with van der Waals surface area (Å²) in [6.07, 6.45) is -3.96. The monoisotopic (exact) mass is 361 g/mol. The molecule has 0 saturated heterocycles. The van der Waals surface area contributed by atoms with Gasteiger partial charge in [0, 0.05) is 17.1 Å². The van der Waals surface area contributed by atoms with E-state index in [4.69, 9.17) is 5.73 Å². The predicted molar refractivity (Wildman–Crippen MR) is 80.1 cm³/mol. The van der Waals surface area contributed by atoms with Crippen molar-refractivity contribution in [1.29, 1.82) is 0 Å². The third kappa shape index (κ3) is 4.43. The molecule has 0 aromatic heterocycles. The molecular weight excluding hydrogens is 347 g/mol. The first-order valence-electron chi connectivity index (χ1n) is 6.46. The topological polar surface area (TPSA) is 35.2 Å². The van der Waals surface area contributed by atoms with Crippen LogP contribution in [0.5, 0.6) is 0 Å². The van der Waals surface area contributed by atoms with Crippen molar-refractivity contribution in [3.63, 3.8) is 0 Å². The Morgan fingerprint density at radius 2 is 1.76 bits per heavy atom. The van der Waals surface area contributed by atoms with Crippen molar-refractivity contribution in [3.05, 3.63) is 46.4 Å². The highest BCUT2D eigenvalue weighted by molar-refractivity contribution is 9.10. The number of nitrogens with two attached hydrogens (primary N) is 1. The molecule has 114 valence electrons. The third-order valence-electron chi connectivity index (χ3n) is 3.14. The van der Waals surface area contributed by atoms with Crippen LogP contribution >= 0.6 is 15.9 Å². The van der Waals surface area contributed by atoms with Crippen LogP contribution in [0.3, 0.4) is 0 Å². The van der Waals surface area contributed by atoms with Gasteiger partial charge in [-0.2, -0.15) is 13.2 Å². The normalized spacial score (nSPS) is 13.6. The van der Waals surface area contributed by atoms with Crippen LogP contribution in [0.25, 0.3) is 10.8 Å². The minimum Gasteiger partial charge on any atom is -0.372 e. The van der Waals surface area contributed by atoms with Gasteiger partial charge in [-0.05, 0) is 28.8 Å². The standard InChI is InChI=1S/C15H15BrF3NO/c16-13-6-5-12(10-3-1-2-4-11(10)13)14(20)7-8-21-9-15(17,18)19/h1-6,14H,7-9,20H2. The molecule has 0 heterocycles. The molecule has 2 aromatic carbocycles. The number of fused-ring (bicyclic) bond motifs is 1. The number of hydrogen-bond acceptors (Lipinski definition) is 2. The smallest absolute Gasteiger partial charge is 0.372 e. The van der Waals surface area contributed by atoms with Gasteiger partial charge in [0.15, 0.2) is 0 Å². The molecule has 2 N–H and O–H groups in total. The van der Waals surface area contributed by atoms with Gasteiger partial charge in [0.2, 0.25) is 0 Å². The molecule has 0 aliphatic carbocycles. The van der Waals surface area contributed by atoms with Gasteiger partial charge in [-0.3, -0.25) is 0 Å². The van der Waals surface area contributed by atoms with E-state index in [9.17, 15) is 13.2 Å². The predicted octanol–water partition coefficient (Wildman–Crippen LogP) is 4.57. The maximum absolute atomic E-state index is 12.0. The van der Waals surface area contributed by atoms with Gasteiger partial charge in [0.1, 0.15) is 6.61 Å². The molecule has 0 bridgehead atoms. The third-order valence-corrected chi connectivity index (χ3v) is 3.83. The molecule has 2 nitrogen and oxygen atoms in total. The number of ether oxygens (including phenoxy) is 1. The van der Waals surface area contributed by atoms with Crippen LogP contribution in [0.4, 0.5) is 13.2 Å². The average Bonchev–Trinajstić information content (AvgIpc) is 2.43. The van der Waals surface area contributed by atoms with Gasteiger partial charge in [0.05, 0.1) is 0 Å². The Bertz CT molecular complexity index is 615. The molecule has 1 unspecified atom stereocenters. The molecule has 0 aliphatic heterocycles. The number of halogens is 4. The summed E-state index contributed by atoms with van der Waals surface area (Å²) in [5, 5.41) is 2.02. The molecular formula is C15H15BrF3NO. The summed E-state index contributed by atoms with van der Waals surface area (Å²) >= 11 is 3.48. The van der Waals surface area contributed by atoms with E-state index in [1.165, 1.54) is 0 Å². The lowest BCUT2D eigenvalue weighted by molar-refractivity contribution is -0.174. The zero-order valence-electron chi connectivity index (χ0n) is 11.2. The Kier molecular flexibility index (Phi) is 5.24. The molecule has 21 heavy (non-hydrogen) atoms. The molecule has 0 radical (unpaired) electrons. The second-order valence-corrected chi connectivity index (χ2v) is 5.60. The summed E-state index contributed by atoms with van der Waals surface area (Å²) in [6, 6.07) is 11.2. The van der Waals surface area contributed by atoms with Crippen molar-refractivity contribution in [2.24, 2.45) is 5.73 Å². The van der Waals surface area contributed by atoms with E-state index in [0.29, 0.717) is 6.42 Å². The highest BCUT2D eigenvalue weighted by Gasteiger charge is 2.27. The van der Waals surface area contributed by atoms with Crippen LogP contribution < -0.4 is 5.73 Å². The maximum atomic E-state index is 12.0. The maximum Gasteiger partial charge on any atom is 0.411 e. The van der Waals surface area contributed by atoms with Crippen molar-refractivity contribution in [3.8, 4) is 0 Å². The number of alkyl halides is 3. The molecule has 0 spiro atoms. The van der Waals surface area contributed by atoms with Gasteiger partial charge >= 0.3 is 6.18 Å². The highest BCUT2D eigenvalue weighted by Crippen LogP contribution is 2.30. The van der Waals surface area contributed by atoms with E-state index in [2.05, 4.69) is 20.7 Å². The fourth-order valence-electron chi connectivity index (χ4n) is 2.16. The molecule has 0 saturated carbocycles. The van der Waals surface area contributed by atoms with Crippen LogP contribution in [-0.4, -0.2) is 19.4 Å². The number of benzene rings is 2. The van der Waals surface area contributed by atoms with Crippen molar-refractivity contribution >= 4 is 26.7 Å². The van der Waals surface area contributed by atoms with Gasteiger partial charge in [-0.1, -0.05) is 46.3 Å². The van der Waals surface area contributed by atoms with Crippen molar-refractivity contribution in [2.75, 3.05) is 13.2 Å². The van der Waals surface area contributed by atoms with Crippen molar-refractivity contribution in [2.45, 2.75) is 18.6 Å². The number of hydrogen-bond donors (Lipinski definition) is 1. The van der Waals surface area contributed by atoms with Crippen LogP contribution in [0.2, 0.25) is 0 Å². The Balaban J connectivity index is 2.06. The molecule has 0 aliphatic rings. The van der Waals surface area contributed by atoms with E-state index in [-0.39, 0.29) is 12.6 Å². The first kappa shape index (κ1) is 16.3. The highest BCUT2D eigenvalue weighted by atomic mass is 79.9. The van der Waals surface area contributed by atoms with Crippen molar-refractivity contribution in [1.82, 2.24) is 0 Å². The largest absolute Gasteiger partial charge is 0.411 e. The Morgan fingerprint density at radius 3 is 2.43 bits per heavy atom. The molecule has 2 rings (SSSR count). The van der Waals surface area contributed by atoms with Crippen LogP contribution in [0, 0.1) is 0 Å². The van der Waals surface area contributed by atoms with E-state index in [1.54, 1.807) is 0 Å². The Morgan fingerprint density at radius 1 is 1.10 bits per heavy atom. The Labute approximate surface area is 129 Å². The zero-order valence-corrected chi connectivity index (χ0v) is 12.7. The summed E-state index contributed by atoms with van der Waals surface area (Å²) in [7, 11) is 0. The molecule has 0 amide bonds. The molecule has 0 fully saturated rings. The SMILES string of the molecule is NC(CCOCC(F)(F)F)c1ccc(Br)c2ccccc12. The van der Waals surface area contributed by atoms with E-state index >= 15 is 0 Å². The van der Waals surface area contributed by atoms with E-state index < -0.39 is 12.8 Å². The van der Waals surface area contributed by atoms with E-state index in [0.717, 1.165) is 20.8 Å². The fourth-order valence-corrected chi connectivity index (χ4v) is 2.64. The first-order valence-corrected chi connectivity index (χ1v) is 7.25. The van der Waals surface area contributed by atoms with Crippen molar-refractivity contribution < 1.29 is 17.9 Å². The van der Waals surface area contributed by atoms with Gasteiger partial charge in [-0.25, -0.2) is 0 Å². The Hall–Kier alpha value is -1.11. The van der Waals surface area contributed by atoms with E-state index in [1.807, 2.05) is 36.4 Å². The lowest BCUT2D eigenvalue weighted by Crippen LogP contribution is -2.19. The summed E-state index contributed by atoms with van der Waals surface area (Å²) < 4.78 is 41.6. The lowest BCUT2D eigenvalue weighted by Gasteiger charge is -2.16. The average molecular weight is 362 g/mol. The molecule has 6 heteroatoms. The lowest BCUT2D eigenvalue weighted by atomic mass is 9.97. The number of rotatable bonds is 5. The van der Waals surface area contributed by atoms with Crippen LogP contribution in [0.15, 0.2) is 40.9 Å². The van der Waals surface area contributed by atoms with Crippen LogP contribution in [-0.2, 0) is 4.74 Å². The quantitative estimate of drug-likeness (QED) is 0.791. The minimum atomic E-state index is -4.30. The summed E-state index contributed by atoms with van der Waals surface area (Å²) in [5.74, 6) is 0. The summed E-state index contributed by atoms with van der Waals surface area (Å²) in [5.41, 5.74) is 6.99. The summed E-state index contributed by atoms with van der Waals surface area (Å²) in [6.45, 7) is -1.26. The van der Waals surface area contributed by atoms with Gasteiger partial charge in [-0.15, -0.1) is 0 Å². The second kappa shape index (κ2) is 6.77. The summed E-state index contributed by atoms with van der Waals surface area (Å²) in [4.78, 5) is 0. The zero-order chi connectivity index (χ0) is 15.5.